The molecule has 0 saturated heterocycles. The minimum atomic E-state index is 0.0634. The SMILES string of the molecule is Cc1ccc(C(=O)CCC(=O)N(C)C2CCCCC2)cc1C. The standard InChI is InChI=1S/C19H27NO2/c1-14-9-10-16(13-15(14)2)18(21)11-12-19(22)20(3)17-7-5-4-6-8-17/h9-10,13,17H,4-8,11-12H2,1-3H3. The monoisotopic (exact) mass is 301 g/mol. The van der Waals surface area contributed by atoms with E-state index >= 15 is 0 Å². The lowest BCUT2D eigenvalue weighted by Crippen LogP contribution is -2.38. The summed E-state index contributed by atoms with van der Waals surface area (Å²) < 4.78 is 0. The van der Waals surface area contributed by atoms with Crippen molar-refractivity contribution in [2.45, 2.75) is 64.8 Å². The Balaban J connectivity index is 1.87. The number of rotatable bonds is 5. The van der Waals surface area contributed by atoms with E-state index in [9.17, 15) is 9.59 Å². The summed E-state index contributed by atoms with van der Waals surface area (Å²) in [6.07, 6.45) is 6.54. The van der Waals surface area contributed by atoms with E-state index in [1.54, 1.807) is 0 Å². The Bertz CT molecular complexity index is 544. The quantitative estimate of drug-likeness (QED) is 0.769. The number of benzene rings is 1. The van der Waals surface area contributed by atoms with Crippen LogP contribution in [-0.4, -0.2) is 29.7 Å². The Morgan fingerprint density at radius 3 is 2.36 bits per heavy atom. The summed E-state index contributed by atoms with van der Waals surface area (Å²) in [5.41, 5.74) is 3.03. The average Bonchev–Trinajstić information content (AvgIpc) is 2.54. The van der Waals surface area contributed by atoms with Crippen molar-refractivity contribution in [2.24, 2.45) is 0 Å². The largest absolute Gasteiger partial charge is 0.343 e. The van der Waals surface area contributed by atoms with Crippen LogP contribution in [-0.2, 0) is 4.79 Å². The first-order chi connectivity index (χ1) is 10.5. The molecule has 1 aromatic carbocycles. The Morgan fingerprint density at radius 1 is 1.05 bits per heavy atom. The third-order valence-corrected chi connectivity index (χ3v) is 4.91. The van der Waals surface area contributed by atoms with Crippen LogP contribution < -0.4 is 0 Å². The van der Waals surface area contributed by atoms with Gasteiger partial charge in [-0.2, -0.15) is 0 Å². The van der Waals surface area contributed by atoms with Crippen molar-refractivity contribution in [1.29, 1.82) is 0 Å². The molecule has 0 aromatic heterocycles. The number of carbonyl (C=O) groups excluding carboxylic acids is 2. The van der Waals surface area contributed by atoms with Gasteiger partial charge in [0.25, 0.3) is 0 Å². The van der Waals surface area contributed by atoms with E-state index in [0.717, 1.165) is 24.0 Å². The lowest BCUT2D eigenvalue weighted by Gasteiger charge is -2.31. The van der Waals surface area contributed by atoms with Crippen LogP contribution >= 0.6 is 0 Å². The molecule has 0 unspecified atom stereocenters. The summed E-state index contributed by atoms with van der Waals surface area (Å²) in [6, 6.07) is 6.13. The Labute approximate surface area is 133 Å². The molecule has 1 aliphatic rings. The molecule has 0 N–H and O–H groups in total. The van der Waals surface area contributed by atoms with Gasteiger partial charge in [-0.3, -0.25) is 9.59 Å². The van der Waals surface area contributed by atoms with E-state index in [0.29, 0.717) is 18.9 Å². The Morgan fingerprint density at radius 2 is 1.73 bits per heavy atom. The highest BCUT2D eigenvalue weighted by Gasteiger charge is 2.22. The fourth-order valence-electron chi connectivity index (χ4n) is 3.13. The van der Waals surface area contributed by atoms with Gasteiger partial charge < -0.3 is 4.90 Å². The fraction of sp³-hybridized carbons (Fsp3) is 0.579. The van der Waals surface area contributed by atoms with E-state index in [-0.39, 0.29) is 11.7 Å². The maximum absolute atomic E-state index is 12.3. The summed E-state index contributed by atoms with van der Waals surface area (Å²) in [5.74, 6) is 0.164. The molecule has 1 fully saturated rings. The van der Waals surface area contributed by atoms with Crippen LogP contribution in [0.3, 0.4) is 0 Å². The molecule has 120 valence electrons. The van der Waals surface area contributed by atoms with Crippen LogP contribution in [0.1, 0.15) is 66.4 Å². The van der Waals surface area contributed by atoms with Gasteiger partial charge in [-0.25, -0.2) is 0 Å². The Hall–Kier alpha value is -1.64. The molecule has 0 atom stereocenters. The molecule has 0 spiro atoms. The maximum Gasteiger partial charge on any atom is 0.223 e. The van der Waals surface area contributed by atoms with Crippen molar-refractivity contribution in [2.75, 3.05) is 7.05 Å². The number of hydrogen-bond donors (Lipinski definition) is 0. The summed E-state index contributed by atoms with van der Waals surface area (Å²) >= 11 is 0. The third kappa shape index (κ3) is 4.19. The third-order valence-electron chi connectivity index (χ3n) is 4.91. The van der Waals surface area contributed by atoms with Crippen molar-refractivity contribution in [1.82, 2.24) is 4.90 Å². The normalized spacial score (nSPS) is 15.6. The molecule has 0 heterocycles. The van der Waals surface area contributed by atoms with Crippen LogP contribution in [0, 0.1) is 13.8 Å². The smallest absolute Gasteiger partial charge is 0.223 e. The second-order valence-electron chi connectivity index (χ2n) is 6.52. The first-order valence-electron chi connectivity index (χ1n) is 8.35. The second kappa shape index (κ2) is 7.57. The summed E-state index contributed by atoms with van der Waals surface area (Å²) in [4.78, 5) is 26.4. The molecule has 3 heteroatoms. The summed E-state index contributed by atoms with van der Waals surface area (Å²) in [7, 11) is 1.89. The molecule has 0 radical (unpaired) electrons. The van der Waals surface area contributed by atoms with E-state index in [1.165, 1.54) is 24.8 Å². The fourth-order valence-corrected chi connectivity index (χ4v) is 3.13. The van der Waals surface area contributed by atoms with Gasteiger partial charge in [-0.1, -0.05) is 31.4 Å². The lowest BCUT2D eigenvalue weighted by atomic mass is 9.94. The number of hydrogen-bond acceptors (Lipinski definition) is 2. The van der Waals surface area contributed by atoms with Gasteiger partial charge in [0.05, 0.1) is 0 Å². The molecule has 22 heavy (non-hydrogen) atoms. The molecular formula is C19H27NO2. The lowest BCUT2D eigenvalue weighted by molar-refractivity contribution is -0.132. The predicted octanol–water partition coefficient (Wildman–Crippen LogP) is 4.06. The maximum atomic E-state index is 12.3. The van der Waals surface area contributed by atoms with Crippen molar-refractivity contribution in [3.63, 3.8) is 0 Å². The molecular weight excluding hydrogens is 274 g/mol. The van der Waals surface area contributed by atoms with E-state index in [2.05, 4.69) is 0 Å². The molecule has 1 amide bonds. The van der Waals surface area contributed by atoms with Crippen molar-refractivity contribution in [3.05, 3.63) is 34.9 Å². The first kappa shape index (κ1) is 16.7. The van der Waals surface area contributed by atoms with Crippen molar-refractivity contribution >= 4 is 11.7 Å². The van der Waals surface area contributed by atoms with Crippen LogP contribution in [0.4, 0.5) is 0 Å². The van der Waals surface area contributed by atoms with Gasteiger partial charge in [0, 0.05) is 31.5 Å². The molecule has 0 aliphatic heterocycles. The van der Waals surface area contributed by atoms with Crippen LogP contribution in [0.25, 0.3) is 0 Å². The zero-order chi connectivity index (χ0) is 16.1. The molecule has 1 aromatic rings. The Kier molecular flexibility index (Phi) is 5.76. The number of Topliss-reactive ketones (excluding diaryl/α,β-unsaturated/α-hetero) is 1. The topological polar surface area (TPSA) is 37.4 Å². The van der Waals surface area contributed by atoms with Gasteiger partial charge in [-0.05, 0) is 43.9 Å². The van der Waals surface area contributed by atoms with Gasteiger partial charge in [-0.15, -0.1) is 0 Å². The van der Waals surface area contributed by atoms with Crippen LogP contribution in [0.15, 0.2) is 18.2 Å². The zero-order valence-corrected chi connectivity index (χ0v) is 14.0. The number of nitrogens with zero attached hydrogens (tertiary/aromatic N) is 1. The minimum Gasteiger partial charge on any atom is -0.343 e. The molecule has 1 aliphatic carbocycles. The highest BCUT2D eigenvalue weighted by Crippen LogP contribution is 2.22. The number of carbonyl (C=O) groups is 2. The van der Waals surface area contributed by atoms with E-state index in [4.69, 9.17) is 0 Å². The molecule has 1 saturated carbocycles. The number of aryl methyl sites for hydroxylation is 2. The van der Waals surface area contributed by atoms with Gasteiger partial charge in [0.2, 0.25) is 5.91 Å². The molecule has 3 nitrogen and oxygen atoms in total. The van der Waals surface area contributed by atoms with E-state index < -0.39 is 0 Å². The predicted molar refractivity (Wildman–Crippen MR) is 89.1 cm³/mol. The van der Waals surface area contributed by atoms with Crippen molar-refractivity contribution < 1.29 is 9.59 Å². The van der Waals surface area contributed by atoms with E-state index in [1.807, 2.05) is 44.0 Å². The molecule has 2 rings (SSSR count). The summed E-state index contributed by atoms with van der Waals surface area (Å²) in [5, 5.41) is 0. The second-order valence-corrected chi connectivity index (χ2v) is 6.52. The van der Waals surface area contributed by atoms with Crippen LogP contribution in [0.5, 0.6) is 0 Å². The molecule has 0 bridgehead atoms. The highest BCUT2D eigenvalue weighted by atomic mass is 16.2. The highest BCUT2D eigenvalue weighted by molar-refractivity contribution is 5.98. The van der Waals surface area contributed by atoms with Crippen LogP contribution in [0.2, 0.25) is 0 Å². The van der Waals surface area contributed by atoms with Gasteiger partial charge in [0.1, 0.15) is 0 Å². The zero-order valence-electron chi connectivity index (χ0n) is 14.0. The van der Waals surface area contributed by atoms with Gasteiger partial charge >= 0.3 is 0 Å². The minimum absolute atomic E-state index is 0.0634. The number of ketones is 1. The van der Waals surface area contributed by atoms with Crippen molar-refractivity contribution in [3.8, 4) is 0 Å². The van der Waals surface area contributed by atoms with Gasteiger partial charge in [0.15, 0.2) is 5.78 Å². The number of amides is 1. The average molecular weight is 301 g/mol. The first-order valence-corrected chi connectivity index (χ1v) is 8.35. The summed E-state index contributed by atoms with van der Waals surface area (Å²) in [6.45, 7) is 4.04.